The molecule has 0 bridgehead atoms. The van der Waals surface area contributed by atoms with Gasteiger partial charge in [-0.1, -0.05) is 0 Å². The van der Waals surface area contributed by atoms with E-state index in [0.717, 1.165) is 16.8 Å². The van der Waals surface area contributed by atoms with E-state index in [0.29, 0.717) is 19.8 Å². The summed E-state index contributed by atoms with van der Waals surface area (Å²) in [7, 11) is 0.622. The van der Waals surface area contributed by atoms with E-state index in [9.17, 15) is 0 Å². The molecule has 0 atom stereocenters. The lowest BCUT2D eigenvalue weighted by atomic mass is 9.86. The highest BCUT2D eigenvalue weighted by molar-refractivity contribution is 6.45. The molecular weight excluding hydrogens is 223 g/mol. The van der Waals surface area contributed by atoms with E-state index in [4.69, 9.17) is 18.5 Å². The van der Waals surface area contributed by atoms with Crippen LogP contribution in [0.15, 0.2) is 0 Å². The molecule has 0 aliphatic carbocycles. The summed E-state index contributed by atoms with van der Waals surface area (Å²) in [5.74, 6) is 0. The van der Waals surface area contributed by atoms with Crippen LogP contribution in [0.1, 0.15) is 27.7 Å². The van der Waals surface area contributed by atoms with Crippen molar-refractivity contribution in [2.24, 2.45) is 0 Å². The summed E-state index contributed by atoms with van der Waals surface area (Å²) in [5, 5.41) is 0. The summed E-state index contributed by atoms with van der Waals surface area (Å²) in [5.41, 5.74) is -0.481. The maximum absolute atomic E-state index is 5.84. The predicted molar refractivity (Wildman–Crippen MR) is 67.6 cm³/mol. The minimum atomic E-state index is -0.240. The van der Waals surface area contributed by atoms with E-state index in [-0.39, 0.29) is 18.3 Å². The van der Waals surface area contributed by atoms with E-state index < -0.39 is 0 Å². The van der Waals surface area contributed by atoms with Crippen LogP contribution in [0.3, 0.4) is 0 Å². The van der Waals surface area contributed by atoms with E-state index in [1.807, 2.05) is 0 Å². The summed E-state index contributed by atoms with van der Waals surface area (Å²) in [6, 6.07) is 0. The van der Waals surface area contributed by atoms with Crippen LogP contribution in [0.2, 0.25) is 6.32 Å². The van der Waals surface area contributed by atoms with E-state index in [1.165, 1.54) is 0 Å². The smallest absolute Gasteiger partial charge is 0.426 e. The van der Waals surface area contributed by atoms with Gasteiger partial charge < -0.3 is 18.5 Å². The third-order valence-corrected chi connectivity index (χ3v) is 3.64. The van der Waals surface area contributed by atoms with Crippen LogP contribution in [0.4, 0.5) is 0 Å². The van der Waals surface area contributed by atoms with Crippen LogP contribution in [-0.2, 0) is 18.5 Å². The van der Waals surface area contributed by atoms with Gasteiger partial charge in [-0.25, -0.2) is 0 Å². The number of hydrogen-bond acceptors (Lipinski definition) is 4. The Morgan fingerprint density at radius 2 is 1.56 bits per heavy atom. The first-order valence-electron chi connectivity index (χ1n) is 5.81. The van der Waals surface area contributed by atoms with Gasteiger partial charge in [0.05, 0.1) is 24.4 Å². The Balaban J connectivity index is 2.21. The molecule has 1 rings (SSSR count). The summed E-state index contributed by atoms with van der Waals surface area (Å²) in [4.78, 5) is 0. The van der Waals surface area contributed by atoms with Crippen molar-refractivity contribution in [3.05, 3.63) is 0 Å². The summed E-state index contributed by atoms with van der Waals surface area (Å²) >= 11 is 0. The number of ether oxygens (including phenoxy) is 1. The van der Waals surface area contributed by atoms with Gasteiger partial charge >= 0.3 is 7.12 Å². The molecule has 0 aromatic rings. The predicted octanol–water partition coefficient (Wildman–Crippen LogP) is 0.392. The second-order valence-corrected chi connectivity index (χ2v) is 5.66. The van der Waals surface area contributed by atoms with Gasteiger partial charge in [0.15, 0.2) is 0 Å². The SMILES string of the molecule is CC1(C)OB(CCOCCO[SiH3])OC1(C)C. The fraction of sp³-hybridized carbons (Fsp3) is 1.00. The van der Waals surface area contributed by atoms with Crippen LogP contribution in [0.25, 0.3) is 0 Å². The quantitative estimate of drug-likeness (QED) is 0.502. The van der Waals surface area contributed by atoms with Gasteiger partial charge in [-0.3, -0.25) is 0 Å². The Kier molecular flexibility index (Phi) is 5.00. The van der Waals surface area contributed by atoms with Gasteiger partial charge in [0.25, 0.3) is 0 Å². The van der Waals surface area contributed by atoms with Crippen molar-refractivity contribution in [1.29, 1.82) is 0 Å². The molecule has 0 spiro atoms. The molecule has 1 aliphatic rings. The maximum atomic E-state index is 5.84. The monoisotopic (exact) mass is 246 g/mol. The molecule has 0 saturated carbocycles. The van der Waals surface area contributed by atoms with Crippen LogP contribution in [0.5, 0.6) is 0 Å². The summed E-state index contributed by atoms with van der Waals surface area (Å²) in [6.07, 6.45) is 0.772. The van der Waals surface area contributed by atoms with Crippen molar-refractivity contribution in [1.82, 2.24) is 0 Å². The van der Waals surface area contributed by atoms with Gasteiger partial charge in [0.2, 0.25) is 0 Å². The Bertz CT molecular complexity index is 207. The standard InChI is InChI=1S/C10H23BO4Si/c1-9(2)10(3,4)15-11(14-9)5-6-12-7-8-13-16/h5-8H2,1-4,16H3. The second kappa shape index (κ2) is 5.64. The fourth-order valence-corrected chi connectivity index (χ4v) is 1.67. The molecule has 4 nitrogen and oxygen atoms in total. The minimum Gasteiger partial charge on any atom is -0.426 e. The second-order valence-electron chi connectivity index (χ2n) is 5.08. The normalized spacial score (nSPS) is 22.9. The van der Waals surface area contributed by atoms with Crippen LogP contribution in [0, 0.1) is 0 Å². The Morgan fingerprint density at radius 3 is 2.06 bits per heavy atom. The van der Waals surface area contributed by atoms with Gasteiger partial charge in [-0.05, 0) is 27.7 Å². The third-order valence-electron chi connectivity index (χ3n) is 3.23. The molecular formula is C10H23BO4Si. The highest BCUT2D eigenvalue weighted by Gasteiger charge is 2.50. The van der Waals surface area contributed by atoms with Crippen molar-refractivity contribution in [2.45, 2.75) is 45.2 Å². The minimum absolute atomic E-state index is 0.151. The zero-order chi connectivity index (χ0) is 12.2. The van der Waals surface area contributed by atoms with Crippen molar-refractivity contribution < 1.29 is 18.5 Å². The molecule has 1 heterocycles. The van der Waals surface area contributed by atoms with E-state index >= 15 is 0 Å². The average Bonchev–Trinajstić information content (AvgIpc) is 2.35. The first-order valence-corrected chi connectivity index (χ1v) is 6.63. The van der Waals surface area contributed by atoms with E-state index in [1.54, 1.807) is 0 Å². The largest absolute Gasteiger partial charge is 0.460 e. The van der Waals surface area contributed by atoms with Crippen molar-refractivity contribution >= 4 is 17.6 Å². The number of hydrogen-bond donors (Lipinski definition) is 0. The lowest BCUT2D eigenvalue weighted by Gasteiger charge is -2.32. The zero-order valence-electron chi connectivity index (χ0n) is 11.0. The van der Waals surface area contributed by atoms with E-state index in [2.05, 4.69) is 27.7 Å². The maximum Gasteiger partial charge on any atom is 0.460 e. The van der Waals surface area contributed by atoms with Gasteiger partial charge in [0.1, 0.15) is 10.5 Å². The van der Waals surface area contributed by atoms with Crippen molar-refractivity contribution in [3.63, 3.8) is 0 Å². The van der Waals surface area contributed by atoms with Crippen LogP contribution >= 0.6 is 0 Å². The fourth-order valence-electron chi connectivity index (χ4n) is 1.51. The Labute approximate surface area is 102 Å². The molecule has 94 valence electrons. The lowest BCUT2D eigenvalue weighted by molar-refractivity contribution is 0.00578. The summed E-state index contributed by atoms with van der Waals surface area (Å²) < 4.78 is 22.1. The van der Waals surface area contributed by atoms with Gasteiger partial charge in [0, 0.05) is 12.9 Å². The molecule has 1 fully saturated rings. The molecule has 0 unspecified atom stereocenters. The molecule has 0 radical (unpaired) electrons. The molecule has 16 heavy (non-hydrogen) atoms. The van der Waals surface area contributed by atoms with Crippen LogP contribution in [-0.4, -0.2) is 48.6 Å². The first-order chi connectivity index (χ1) is 7.39. The first kappa shape index (κ1) is 14.2. The average molecular weight is 246 g/mol. The topological polar surface area (TPSA) is 36.9 Å². The third kappa shape index (κ3) is 3.56. The highest BCUT2D eigenvalue weighted by atomic mass is 28.2. The van der Waals surface area contributed by atoms with Crippen LogP contribution < -0.4 is 0 Å². The van der Waals surface area contributed by atoms with Gasteiger partial charge in [-0.15, -0.1) is 0 Å². The van der Waals surface area contributed by atoms with Crippen molar-refractivity contribution in [2.75, 3.05) is 19.8 Å². The molecule has 6 heteroatoms. The van der Waals surface area contributed by atoms with Crippen molar-refractivity contribution in [3.8, 4) is 0 Å². The Hall–Kier alpha value is 0.122. The number of rotatable bonds is 6. The summed E-state index contributed by atoms with van der Waals surface area (Å²) in [6.45, 7) is 10.2. The molecule has 0 amide bonds. The molecule has 0 aromatic carbocycles. The molecule has 1 saturated heterocycles. The zero-order valence-corrected chi connectivity index (χ0v) is 13.0. The molecule has 0 aromatic heterocycles. The lowest BCUT2D eigenvalue weighted by Crippen LogP contribution is -2.41. The molecule has 0 N–H and O–H groups in total. The molecule has 1 aliphatic heterocycles. The Morgan fingerprint density at radius 1 is 1.00 bits per heavy atom. The van der Waals surface area contributed by atoms with Gasteiger partial charge in [-0.2, -0.15) is 0 Å². The highest BCUT2D eigenvalue weighted by Crippen LogP contribution is 2.37.